The summed E-state index contributed by atoms with van der Waals surface area (Å²) < 4.78 is 6.97. The van der Waals surface area contributed by atoms with Gasteiger partial charge in [-0.3, -0.25) is 14.2 Å². The monoisotopic (exact) mass is 366 g/mol. The summed E-state index contributed by atoms with van der Waals surface area (Å²) >= 11 is 0. The Kier molecular flexibility index (Phi) is 4.82. The van der Waals surface area contributed by atoms with Gasteiger partial charge in [0, 0.05) is 0 Å². The van der Waals surface area contributed by atoms with E-state index in [1.54, 1.807) is 0 Å². The zero-order chi connectivity index (χ0) is 19.0. The third-order valence-electron chi connectivity index (χ3n) is 4.30. The Morgan fingerprint density at radius 1 is 1.35 bits per heavy atom. The first kappa shape index (κ1) is 18.1. The lowest BCUT2D eigenvalue weighted by molar-refractivity contribution is -0.140. The Hall–Kier alpha value is -2.67. The highest BCUT2D eigenvalue weighted by atomic mass is 16.5. The Balaban J connectivity index is 1.92. The molecule has 0 spiro atoms. The molecule has 1 saturated heterocycles. The van der Waals surface area contributed by atoms with E-state index in [1.807, 2.05) is 0 Å². The summed E-state index contributed by atoms with van der Waals surface area (Å²) in [7, 11) is 0. The van der Waals surface area contributed by atoms with Crippen molar-refractivity contribution in [2.24, 2.45) is 11.7 Å². The third-order valence-corrected chi connectivity index (χ3v) is 4.30. The van der Waals surface area contributed by atoms with Crippen LogP contribution in [-0.2, 0) is 14.3 Å². The van der Waals surface area contributed by atoms with E-state index in [2.05, 4.69) is 15.0 Å². The molecular formula is C14H18N6O6. The van der Waals surface area contributed by atoms with Crippen LogP contribution in [0.1, 0.15) is 12.6 Å². The number of carboxylic acid groups (broad SMARTS) is 1. The Morgan fingerprint density at radius 2 is 2.08 bits per heavy atom. The second kappa shape index (κ2) is 6.92. The van der Waals surface area contributed by atoms with Crippen molar-refractivity contribution >= 4 is 28.7 Å². The molecule has 1 aliphatic heterocycles. The number of hydrogen-bond donors (Lipinski definition) is 5. The number of nitrogens with zero attached hydrogens (tertiary/aromatic N) is 4. The number of carboxylic acids is 1. The van der Waals surface area contributed by atoms with E-state index in [9.17, 15) is 19.8 Å². The highest BCUT2D eigenvalue weighted by Crippen LogP contribution is 2.36. The number of nitrogens with two attached hydrogens (primary N) is 2. The standard InChI is InChI=1S/C14H18N6O6/c15-5(1-7(22)23)10(24)8-6(2-21)26-14(11(8)25)20-4-19-9-12(16)17-3-18-13(9)20/h3-6,8,11,14,21,25H,1-2,15H2,(H,22,23)(H2,16,17,18)/t5-,6+,8-,11+,14+/m0/s1. The molecule has 7 N–H and O–H groups in total. The van der Waals surface area contributed by atoms with Crippen molar-refractivity contribution in [2.45, 2.75) is 30.9 Å². The molecule has 0 saturated carbocycles. The number of fused-ring (bicyclic) bond motifs is 1. The second-order valence-electron chi connectivity index (χ2n) is 5.95. The molecule has 0 amide bonds. The van der Waals surface area contributed by atoms with Crippen LogP contribution < -0.4 is 11.5 Å². The van der Waals surface area contributed by atoms with Gasteiger partial charge in [-0.1, -0.05) is 0 Å². The molecule has 12 nitrogen and oxygen atoms in total. The lowest BCUT2D eigenvalue weighted by atomic mass is 9.88. The van der Waals surface area contributed by atoms with E-state index in [0.29, 0.717) is 5.52 Å². The number of ether oxygens (including phenoxy) is 1. The highest BCUT2D eigenvalue weighted by molar-refractivity contribution is 5.90. The van der Waals surface area contributed by atoms with Crippen LogP contribution in [0, 0.1) is 5.92 Å². The first-order valence-electron chi connectivity index (χ1n) is 7.73. The fourth-order valence-corrected chi connectivity index (χ4v) is 3.07. The van der Waals surface area contributed by atoms with Gasteiger partial charge in [0.1, 0.15) is 17.9 Å². The number of anilines is 1. The third kappa shape index (κ3) is 2.99. The number of aromatic nitrogens is 4. The first-order chi connectivity index (χ1) is 12.3. The summed E-state index contributed by atoms with van der Waals surface area (Å²) in [5.41, 5.74) is 11.9. The van der Waals surface area contributed by atoms with Crippen LogP contribution in [0.2, 0.25) is 0 Å². The predicted octanol–water partition coefficient (Wildman–Crippen LogP) is -2.35. The summed E-state index contributed by atoms with van der Waals surface area (Å²) in [5, 5.41) is 28.9. The van der Waals surface area contributed by atoms with Gasteiger partial charge in [0.25, 0.3) is 0 Å². The van der Waals surface area contributed by atoms with Crippen LogP contribution in [0.15, 0.2) is 12.7 Å². The van der Waals surface area contributed by atoms with Gasteiger partial charge in [-0.05, 0) is 0 Å². The molecule has 0 aliphatic carbocycles. The fraction of sp³-hybridized carbons (Fsp3) is 0.500. The van der Waals surface area contributed by atoms with Crippen molar-refractivity contribution in [2.75, 3.05) is 12.3 Å². The minimum atomic E-state index is -1.40. The lowest BCUT2D eigenvalue weighted by Gasteiger charge is -2.20. The van der Waals surface area contributed by atoms with E-state index < -0.39 is 55.2 Å². The number of carbonyl (C=O) groups is 2. The van der Waals surface area contributed by atoms with Gasteiger partial charge >= 0.3 is 5.97 Å². The predicted molar refractivity (Wildman–Crippen MR) is 85.5 cm³/mol. The van der Waals surface area contributed by atoms with Crippen LogP contribution in [0.3, 0.4) is 0 Å². The van der Waals surface area contributed by atoms with Gasteiger partial charge in [-0.15, -0.1) is 0 Å². The van der Waals surface area contributed by atoms with Crippen molar-refractivity contribution in [1.29, 1.82) is 0 Å². The molecule has 2 aromatic rings. The van der Waals surface area contributed by atoms with Crippen molar-refractivity contribution in [1.82, 2.24) is 19.5 Å². The van der Waals surface area contributed by atoms with Crippen LogP contribution in [0.5, 0.6) is 0 Å². The van der Waals surface area contributed by atoms with Crippen molar-refractivity contribution in [3.8, 4) is 0 Å². The smallest absolute Gasteiger partial charge is 0.305 e. The molecule has 1 aliphatic rings. The molecule has 12 heteroatoms. The minimum absolute atomic E-state index is 0.135. The van der Waals surface area contributed by atoms with Gasteiger partial charge in [0.2, 0.25) is 0 Å². The van der Waals surface area contributed by atoms with Crippen molar-refractivity contribution in [3.63, 3.8) is 0 Å². The normalized spacial score (nSPS) is 26.9. The van der Waals surface area contributed by atoms with E-state index in [0.717, 1.165) is 0 Å². The van der Waals surface area contributed by atoms with E-state index in [1.165, 1.54) is 17.2 Å². The molecule has 2 aromatic heterocycles. The molecular weight excluding hydrogens is 348 g/mol. The first-order valence-corrected chi connectivity index (χ1v) is 7.73. The SMILES string of the molecule is Nc1ncnc2c1ncn2[C@@H]1O[C@H](CO)[C@@H](C(=O)[C@@H](N)CC(=O)O)[C@H]1O. The summed E-state index contributed by atoms with van der Waals surface area (Å²) in [4.78, 5) is 35.2. The topological polar surface area (TPSA) is 200 Å². The number of aliphatic carboxylic acids is 1. The number of nitrogen functional groups attached to an aromatic ring is 1. The van der Waals surface area contributed by atoms with E-state index >= 15 is 0 Å². The van der Waals surface area contributed by atoms with Crippen LogP contribution in [0.4, 0.5) is 5.82 Å². The van der Waals surface area contributed by atoms with Gasteiger partial charge in [0.05, 0.1) is 37.4 Å². The van der Waals surface area contributed by atoms with Gasteiger partial charge in [-0.2, -0.15) is 0 Å². The molecule has 0 bridgehead atoms. The number of imidazole rings is 1. The molecule has 0 radical (unpaired) electrons. The number of ketones is 1. The molecule has 140 valence electrons. The van der Waals surface area contributed by atoms with Gasteiger partial charge < -0.3 is 31.5 Å². The largest absolute Gasteiger partial charge is 0.481 e. The molecule has 26 heavy (non-hydrogen) atoms. The van der Waals surface area contributed by atoms with E-state index in [-0.39, 0.29) is 11.5 Å². The summed E-state index contributed by atoms with van der Waals surface area (Å²) in [6.45, 7) is -0.562. The Bertz CT molecular complexity index is 840. The van der Waals surface area contributed by atoms with E-state index in [4.69, 9.17) is 21.3 Å². The number of aliphatic hydroxyl groups excluding tert-OH is 2. The number of Topliss-reactive ketones (excluding diaryl/α,β-unsaturated/α-hetero) is 1. The minimum Gasteiger partial charge on any atom is -0.481 e. The van der Waals surface area contributed by atoms with Crippen molar-refractivity contribution < 1.29 is 29.6 Å². The molecule has 5 atom stereocenters. The molecule has 0 aromatic carbocycles. The maximum atomic E-state index is 12.5. The highest BCUT2D eigenvalue weighted by Gasteiger charge is 2.49. The maximum Gasteiger partial charge on any atom is 0.305 e. The number of rotatable bonds is 6. The van der Waals surface area contributed by atoms with Gasteiger partial charge in [0.15, 0.2) is 23.5 Å². The zero-order valence-corrected chi connectivity index (χ0v) is 13.5. The molecule has 3 rings (SSSR count). The summed E-state index contributed by atoms with van der Waals surface area (Å²) in [6, 6.07) is -1.33. The number of carbonyl (C=O) groups excluding carboxylic acids is 1. The number of hydrogen-bond acceptors (Lipinski definition) is 10. The van der Waals surface area contributed by atoms with Crippen LogP contribution >= 0.6 is 0 Å². The van der Waals surface area contributed by atoms with Crippen LogP contribution in [0.25, 0.3) is 11.2 Å². The maximum absolute atomic E-state index is 12.5. The van der Waals surface area contributed by atoms with Crippen molar-refractivity contribution in [3.05, 3.63) is 12.7 Å². The summed E-state index contributed by atoms with van der Waals surface area (Å²) in [5.74, 6) is -3.02. The van der Waals surface area contributed by atoms with Gasteiger partial charge in [-0.25, -0.2) is 15.0 Å². The molecule has 1 fully saturated rings. The average Bonchev–Trinajstić information content (AvgIpc) is 3.15. The Labute approximate surface area is 146 Å². The lowest BCUT2D eigenvalue weighted by Crippen LogP contribution is -2.45. The fourth-order valence-electron chi connectivity index (χ4n) is 3.07. The number of aliphatic hydroxyl groups is 2. The van der Waals surface area contributed by atoms with Crippen LogP contribution in [-0.4, -0.2) is 71.4 Å². The second-order valence-corrected chi connectivity index (χ2v) is 5.95. The average molecular weight is 366 g/mol. The summed E-state index contributed by atoms with van der Waals surface area (Å²) in [6.07, 6.45) is -1.60. The molecule has 3 heterocycles. The molecule has 0 unspecified atom stereocenters. The quantitative estimate of drug-likeness (QED) is 0.366. The zero-order valence-electron chi connectivity index (χ0n) is 13.5. The Morgan fingerprint density at radius 3 is 2.73 bits per heavy atom.